The van der Waals surface area contributed by atoms with E-state index in [1.165, 1.54) is 0 Å². The number of aromatic nitrogens is 1. The van der Waals surface area contributed by atoms with Crippen LogP contribution < -0.4 is 4.90 Å². The number of rotatable bonds is 6. The van der Waals surface area contributed by atoms with E-state index in [-0.39, 0.29) is 23.9 Å². The Bertz CT molecular complexity index is 789. The van der Waals surface area contributed by atoms with Crippen LogP contribution in [0.3, 0.4) is 0 Å². The minimum atomic E-state index is -0.0365. The van der Waals surface area contributed by atoms with Crippen LogP contribution in [0.5, 0.6) is 0 Å². The van der Waals surface area contributed by atoms with Crippen LogP contribution in [-0.4, -0.2) is 79.1 Å². The number of likely N-dealkylation sites (N-methyl/N-ethyl adjacent to an activating group) is 1. The standard InChI is InChI=1S/C22H32N4O3/c1-15(2)16(3)21(27)25-13-18-6-7-19(14-25)26(18)22(28)20-12-17(8-9-23-20)24(4)10-11-29-5/h8-9,12,18-19H,6-7,10-11,13-14H2,1-5H3/t18-,19+. The van der Waals surface area contributed by atoms with Gasteiger partial charge in [-0.05, 0) is 45.7 Å². The summed E-state index contributed by atoms with van der Waals surface area (Å²) in [6, 6.07) is 3.88. The Morgan fingerprint density at radius 2 is 1.86 bits per heavy atom. The van der Waals surface area contributed by atoms with Gasteiger partial charge in [0.2, 0.25) is 5.91 Å². The van der Waals surface area contributed by atoms with Gasteiger partial charge in [0, 0.05) is 51.2 Å². The van der Waals surface area contributed by atoms with Crippen molar-refractivity contribution in [2.45, 2.75) is 45.7 Å². The highest BCUT2D eigenvalue weighted by atomic mass is 16.5. The predicted molar refractivity (Wildman–Crippen MR) is 113 cm³/mol. The summed E-state index contributed by atoms with van der Waals surface area (Å²) >= 11 is 0. The summed E-state index contributed by atoms with van der Waals surface area (Å²) in [4.78, 5) is 36.3. The van der Waals surface area contributed by atoms with E-state index in [0.717, 1.165) is 36.2 Å². The Morgan fingerprint density at radius 1 is 1.21 bits per heavy atom. The molecule has 1 aromatic rings. The number of piperazine rings is 1. The van der Waals surface area contributed by atoms with Gasteiger partial charge in [-0.1, -0.05) is 5.57 Å². The van der Waals surface area contributed by atoms with Gasteiger partial charge in [0.25, 0.3) is 5.91 Å². The first-order valence-electron chi connectivity index (χ1n) is 10.3. The van der Waals surface area contributed by atoms with Crippen LogP contribution in [-0.2, 0) is 9.53 Å². The molecule has 3 heterocycles. The average molecular weight is 401 g/mol. The van der Waals surface area contributed by atoms with Gasteiger partial charge in [-0.25, -0.2) is 0 Å². The fourth-order valence-electron chi connectivity index (χ4n) is 4.11. The maximum atomic E-state index is 13.3. The molecule has 7 nitrogen and oxygen atoms in total. The molecule has 2 bridgehead atoms. The third kappa shape index (κ3) is 4.45. The van der Waals surface area contributed by atoms with E-state index in [9.17, 15) is 9.59 Å². The molecule has 0 saturated carbocycles. The zero-order valence-electron chi connectivity index (χ0n) is 18.1. The van der Waals surface area contributed by atoms with Crippen molar-refractivity contribution in [1.82, 2.24) is 14.8 Å². The van der Waals surface area contributed by atoms with Crippen molar-refractivity contribution in [3.05, 3.63) is 35.2 Å². The molecule has 29 heavy (non-hydrogen) atoms. The van der Waals surface area contributed by atoms with Gasteiger partial charge in [-0.15, -0.1) is 0 Å². The quantitative estimate of drug-likeness (QED) is 0.686. The number of hydrogen-bond acceptors (Lipinski definition) is 5. The zero-order chi connectivity index (χ0) is 21.1. The lowest BCUT2D eigenvalue weighted by molar-refractivity contribution is -0.130. The normalized spacial score (nSPS) is 20.6. The van der Waals surface area contributed by atoms with Crippen molar-refractivity contribution < 1.29 is 14.3 Å². The fourth-order valence-corrected chi connectivity index (χ4v) is 4.11. The molecule has 0 N–H and O–H groups in total. The number of ether oxygens (including phenoxy) is 1. The summed E-state index contributed by atoms with van der Waals surface area (Å²) < 4.78 is 5.14. The molecule has 2 atom stereocenters. The molecule has 2 fully saturated rings. The van der Waals surface area contributed by atoms with Crippen molar-refractivity contribution in [2.75, 3.05) is 45.3 Å². The van der Waals surface area contributed by atoms with Crippen molar-refractivity contribution in [3.63, 3.8) is 0 Å². The number of carbonyl (C=O) groups is 2. The smallest absolute Gasteiger partial charge is 0.273 e. The first kappa shape index (κ1) is 21.3. The number of pyridine rings is 1. The number of allylic oxidation sites excluding steroid dienone is 1. The summed E-state index contributed by atoms with van der Waals surface area (Å²) in [5.41, 5.74) is 3.25. The minimum absolute atomic E-state index is 0.0365. The van der Waals surface area contributed by atoms with E-state index in [1.807, 2.05) is 49.8 Å². The van der Waals surface area contributed by atoms with Gasteiger partial charge in [-0.3, -0.25) is 14.6 Å². The number of hydrogen-bond donors (Lipinski definition) is 0. The topological polar surface area (TPSA) is 66.0 Å². The minimum Gasteiger partial charge on any atom is -0.383 e. The molecule has 0 spiro atoms. The van der Waals surface area contributed by atoms with Crippen molar-refractivity contribution >= 4 is 17.5 Å². The van der Waals surface area contributed by atoms with Crippen LogP contribution in [0.15, 0.2) is 29.5 Å². The van der Waals surface area contributed by atoms with Gasteiger partial charge >= 0.3 is 0 Å². The Balaban J connectivity index is 1.74. The van der Waals surface area contributed by atoms with E-state index in [1.54, 1.807) is 13.3 Å². The average Bonchev–Trinajstić information content (AvgIpc) is 2.99. The van der Waals surface area contributed by atoms with Crippen molar-refractivity contribution in [3.8, 4) is 0 Å². The molecule has 0 radical (unpaired) electrons. The summed E-state index contributed by atoms with van der Waals surface area (Å²) in [6.07, 6.45) is 3.55. The Hall–Kier alpha value is -2.41. The molecule has 2 saturated heterocycles. The predicted octanol–water partition coefficient (Wildman–Crippen LogP) is 2.34. The molecular weight excluding hydrogens is 368 g/mol. The third-order valence-electron chi connectivity index (χ3n) is 6.11. The highest BCUT2D eigenvalue weighted by molar-refractivity contribution is 5.95. The highest BCUT2D eigenvalue weighted by Crippen LogP contribution is 2.32. The van der Waals surface area contributed by atoms with Crippen LogP contribution >= 0.6 is 0 Å². The molecular formula is C22H32N4O3. The van der Waals surface area contributed by atoms with Crippen LogP contribution in [0.4, 0.5) is 5.69 Å². The highest BCUT2D eigenvalue weighted by Gasteiger charge is 2.44. The number of fused-ring (bicyclic) bond motifs is 2. The molecule has 1 aromatic heterocycles. The van der Waals surface area contributed by atoms with Gasteiger partial charge in [0.05, 0.1) is 18.7 Å². The molecule has 0 aliphatic carbocycles. The molecule has 2 aliphatic heterocycles. The molecule has 0 aromatic carbocycles. The molecule has 2 amide bonds. The number of nitrogens with zero attached hydrogens (tertiary/aromatic N) is 4. The summed E-state index contributed by atoms with van der Waals surface area (Å²) in [5.74, 6) is 0.0550. The summed E-state index contributed by atoms with van der Waals surface area (Å²) in [5, 5.41) is 0. The second-order valence-corrected chi connectivity index (χ2v) is 8.25. The number of methoxy groups -OCH3 is 1. The van der Waals surface area contributed by atoms with Crippen molar-refractivity contribution in [2.24, 2.45) is 0 Å². The van der Waals surface area contributed by atoms with Gasteiger partial charge in [0.1, 0.15) is 5.69 Å². The summed E-state index contributed by atoms with van der Waals surface area (Å²) in [7, 11) is 3.65. The van der Waals surface area contributed by atoms with E-state index < -0.39 is 0 Å². The Labute approximate surface area is 173 Å². The Morgan fingerprint density at radius 3 is 2.45 bits per heavy atom. The lowest BCUT2D eigenvalue weighted by atomic mass is 10.1. The monoisotopic (exact) mass is 400 g/mol. The molecule has 7 heteroatoms. The summed E-state index contributed by atoms with van der Waals surface area (Å²) in [6.45, 7) is 8.36. The molecule has 158 valence electrons. The Kier molecular flexibility index (Phi) is 6.57. The van der Waals surface area contributed by atoms with E-state index in [2.05, 4.69) is 9.88 Å². The lowest BCUT2D eigenvalue weighted by Crippen LogP contribution is -2.57. The van der Waals surface area contributed by atoms with Gasteiger partial charge in [-0.2, -0.15) is 0 Å². The zero-order valence-corrected chi connectivity index (χ0v) is 18.1. The number of anilines is 1. The first-order chi connectivity index (χ1) is 13.8. The van der Waals surface area contributed by atoms with Crippen molar-refractivity contribution in [1.29, 1.82) is 0 Å². The van der Waals surface area contributed by atoms with E-state index >= 15 is 0 Å². The fraction of sp³-hybridized carbons (Fsp3) is 0.591. The number of likely N-dealkylation sites (tertiary alicyclic amines) is 1. The molecule has 3 rings (SSSR count). The SMILES string of the molecule is COCCN(C)c1ccnc(C(=O)N2[C@@H]3CC[C@H]2CN(C(=O)C(C)=C(C)C)C3)c1. The molecule has 0 unspecified atom stereocenters. The van der Waals surface area contributed by atoms with Crippen LogP contribution in [0.25, 0.3) is 0 Å². The maximum absolute atomic E-state index is 13.3. The largest absolute Gasteiger partial charge is 0.383 e. The van der Waals surface area contributed by atoms with Gasteiger partial charge in [0.15, 0.2) is 0 Å². The second-order valence-electron chi connectivity index (χ2n) is 8.25. The number of amides is 2. The third-order valence-corrected chi connectivity index (χ3v) is 6.11. The molecule has 2 aliphatic rings. The lowest BCUT2D eigenvalue weighted by Gasteiger charge is -2.41. The van der Waals surface area contributed by atoms with Crippen LogP contribution in [0.1, 0.15) is 44.1 Å². The van der Waals surface area contributed by atoms with Crippen LogP contribution in [0.2, 0.25) is 0 Å². The van der Waals surface area contributed by atoms with E-state index in [4.69, 9.17) is 4.74 Å². The number of carbonyl (C=O) groups excluding carboxylic acids is 2. The van der Waals surface area contributed by atoms with E-state index in [0.29, 0.717) is 25.4 Å². The maximum Gasteiger partial charge on any atom is 0.273 e. The second kappa shape index (κ2) is 8.95. The van der Waals surface area contributed by atoms with Crippen LogP contribution in [0, 0.1) is 0 Å². The van der Waals surface area contributed by atoms with Gasteiger partial charge < -0.3 is 19.4 Å². The first-order valence-corrected chi connectivity index (χ1v) is 10.3.